The summed E-state index contributed by atoms with van der Waals surface area (Å²) in [5, 5.41) is 0.616. The van der Waals surface area contributed by atoms with Crippen LogP contribution in [0, 0.1) is 0 Å². The molecule has 0 saturated heterocycles. The Kier molecular flexibility index (Phi) is 10.9. The molecule has 0 aliphatic heterocycles. The Morgan fingerprint density at radius 2 is 1.37 bits per heavy atom. The Hall–Kier alpha value is -2.40. The van der Waals surface area contributed by atoms with E-state index in [2.05, 4.69) is 11.9 Å². The first-order valence-electron chi connectivity index (χ1n) is 10.7. The number of nitrogens with zero attached hydrogens (tertiary/aromatic N) is 1. The second kappa shape index (κ2) is 13.8. The van der Waals surface area contributed by atoms with Crippen molar-refractivity contribution in [1.29, 1.82) is 0 Å². The van der Waals surface area contributed by atoms with E-state index in [1.54, 1.807) is 30.3 Å². The molecule has 2 rings (SSSR count). The molecule has 1 aromatic carbocycles. The molecule has 0 aliphatic rings. The van der Waals surface area contributed by atoms with Crippen LogP contribution in [0.1, 0.15) is 84.8 Å². The monoisotopic (exact) mass is 431 g/mol. The van der Waals surface area contributed by atoms with Crippen LogP contribution in [0.4, 0.5) is 0 Å². The summed E-state index contributed by atoms with van der Waals surface area (Å²) in [5.74, 6) is -1.12. The first-order valence-corrected chi connectivity index (χ1v) is 11.0. The maximum atomic E-state index is 12.2. The number of hydrogen-bond acceptors (Lipinski definition) is 5. The second-order valence-corrected chi connectivity index (χ2v) is 7.66. The second-order valence-electron chi connectivity index (χ2n) is 7.22. The van der Waals surface area contributed by atoms with Gasteiger partial charge in [0.1, 0.15) is 18.0 Å². The molecule has 0 radical (unpaired) electrons. The third-order valence-corrected chi connectivity index (χ3v) is 4.93. The highest BCUT2D eigenvalue weighted by Crippen LogP contribution is 2.12. The summed E-state index contributed by atoms with van der Waals surface area (Å²) in [6, 6.07) is 11.7. The van der Waals surface area contributed by atoms with Gasteiger partial charge < -0.3 is 9.47 Å². The SMILES string of the molecule is CCCCCCCCCCOC(=O)c1cccc(C(=O)OCc2ccc(Cl)cc2)n1. The highest BCUT2D eigenvalue weighted by Gasteiger charge is 2.14. The van der Waals surface area contributed by atoms with Crippen molar-refractivity contribution in [3.63, 3.8) is 0 Å². The highest BCUT2D eigenvalue weighted by atomic mass is 35.5. The van der Waals surface area contributed by atoms with Crippen molar-refractivity contribution < 1.29 is 19.1 Å². The van der Waals surface area contributed by atoms with Gasteiger partial charge >= 0.3 is 11.9 Å². The van der Waals surface area contributed by atoms with Crippen LogP contribution >= 0.6 is 11.6 Å². The number of esters is 2. The van der Waals surface area contributed by atoms with Gasteiger partial charge in [-0.1, -0.05) is 81.7 Å². The van der Waals surface area contributed by atoms with E-state index in [-0.39, 0.29) is 18.0 Å². The molecule has 6 heteroatoms. The lowest BCUT2D eigenvalue weighted by Crippen LogP contribution is -2.13. The Morgan fingerprint density at radius 3 is 2.00 bits per heavy atom. The molecule has 1 heterocycles. The lowest BCUT2D eigenvalue weighted by atomic mass is 10.1. The number of ether oxygens (including phenoxy) is 2. The third-order valence-electron chi connectivity index (χ3n) is 4.68. The average Bonchev–Trinajstić information content (AvgIpc) is 2.77. The van der Waals surface area contributed by atoms with E-state index >= 15 is 0 Å². The number of rotatable bonds is 13. The number of halogens is 1. The fourth-order valence-corrected chi connectivity index (χ4v) is 3.07. The van der Waals surface area contributed by atoms with Crippen LogP contribution in [0.2, 0.25) is 5.02 Å². The maximum Gasteiger partial charge on any atom is 0.357 e. The van der Waals surface area contributed by atoms with Gasteiger partial charge in [-0.05, 0) is 36.2 Å². The van der Waals surface area contributed by atoms with E-state index in [4.69, 9.17) is 21.1 Å². The molecule has 0 aliphatic carbocycles. The Bertz CT molecular complexity index is 792. The molecule has 0 unspecified atom stereocenters. The zero-order valence-corrected chi connectivity index (χ0v) is 18.3. The van der Waals surface area contributed by atoms with Gasteiger partial charge in [-0.15, -0.1) is 0 Å². The number of hydrogen-bond donors (Lipinski definition) is 0. The number of unbranched alkanes of at least 4 members (excludes halogenated alkanes) is 7. The Balaban J connectivity index is 1.71. The van der Waals surface area contributed by atoms with Crippen molar-refractivity contribution >= 4 is 23.5 Å². The average molecular weight is 432 g/mol. The van der Waals surface area contributed by atoms with Crippen molar-refractivity contribution in [1.82, 2.24) is 4.98 Å². The summed E-state index contributed by atoms with van der Waals surface area (Å²) < 4.78 is 10.5. The molecule has 5 nitrogen and oxygen atoms in total. The lowest BCUT2D eigenvalue weighted by molar-refractivity contribution is 0.0463. The van der Waals surface area contributed by atoms with Gasteiger partial charge in [-0.2, -0.15) is 0 Å². The zero-order chi connectivity index (χ0) is 21.6. The molecule has 1 aromatic heterocycles. The summed E-state index contributed by atoms with van der Waals surface area (Å²) in [7, 11) is 0. The molecule has 0 N–H and O–H groups in total. The van der Waals surface area contributed by atoms with Crippen LogP contribution in [0.5, 0.6) is 0 Å². The molecule has 2 aromatic rings. The molecule has 0 fully saturated rings. The molecular weight excluding hydrogens is 402 g/mol. The number of pyridine rings is 1. The van der Waals surface area contributed by atoms with Gasteiger partial charge in [0.15, 0.2) is 0 Å². The quantitative estimate of drug-likeness (QED) is 0.271. The van der Waals surface area contributed by atoms with Gasteiger partial charge in [0.05, 0.1) is 6.61 Å². The van der Waals surface area contributed by atoms with Crippen molar-refractivity contribution in [3.8, 4) is 0 Å². The normalized spacial score (nSPS) is 10.6. The van der Waals surface area contributed by atoms with Crippen LogP contribution < -0.4 is 0 Å². The number of carbonyl (C=O) groups is 2. The van der Waals surface area contributed by atoms with Gasteiger partial charge in [-0.3, -0.25) is 0 Å². The molecule has 0 spiro atoms. The van der Waals surface area contributed by atoms with Crippen molar-refractivity contribution in [2.75, 3.05) is 6.61 Å². The molecule has 0 saturated carbocycles. The smallest absolute Gasteiger partial charge is 0.357 e. The Labute approximate surface area is 183 Å². The van der Waals surface area contributed by atoms with Crippen LogP contribution in [0.25, 0.3) is 0 Å². The summed E-state index contributed by atoms with van der Waals surface area (Å²) in [4.78, 5) is 28.5. The largest absolute Gasteiger partial charge is 0.461 e. The first-order chi connectivity index (χ1) is 14.6. The fourth-order valence-electron chi connectivity index (χ4n) is 2.94. The topological polar surface area (TPSA) is 65.5 Å². The molecular formula is C24H30ClNO4. The van der Waals surface area contributed by atoms with Crippen molar-refractivity contribution in [2.24, 2.45) is 0 Å². The first kappa shape index (κ1) is 23.9. The number of benzene rings is 1. The van der Waals surface area contributed by atoms with E-state index < -0.39 is 11.9 Å². The summed E-state index contributed by atoms with van der Waals surface area (Å²) in [6.45, 7) is 2.68. The standard InChI is InChI=1S/C24H30ClNO4/c1-2-3-4-5-6-7-8-9-17-29-23(27)21-11-10-12-22(26-21)24(28)30-18-19-13-15-20(25)16-14-19/h10-16H,2-9,17-18H2,1H3. The minimum absolute atomic E-state index is 0.0745. The minimum atomic E-state index is -0.595. The Morgan fingerprint density at radius 1 is 0.800 bits per heavy atom. The van der Waals surface area contributed by atoms with Crippen LogP contribution in [0.3, 0.4) is 0 Å². The molecule has 30 heavy (non-hydrogen) atoms. The van der Waals surface area contributed by atoms with Crippen molar-refractivity contribution in [3.05, 3.63) is 64.4 Å². The predicted molar refractivity (Wildman–Crippen MR) is 118 cm³/mol. The van der Waals surface area contributed by atoms with E-state index in [9.17, 15) is 9.59 Å². The fraction of sp³-hybridized carbons (Fsp3) is 0.458. The highest BCUT2D eigenvalue weighted by molar-refractivity contribution is 6.30. The maximum absolute atomic E-state index is 12.2. The van der Waals surface area contributed by atoms with Gasteiger partial charge in [0.2, 0.25) is 0 Å². The van der Waals surface area contributed by atoms with Crippen LogP contribution in [0.15, 0.2) is 42.5 Å². The van der Waals surface area contributed by atoms with Crippen molar-refractivity contribution in [2.45, 2.75) is 64.9 Å². The van der Waals surface area contributed by atoms with E-state index in [1.807, 2.05) is 0 Å². The van der Waals surface area contributed by atoms with E-state index in [0.29, 0.717) is 11.6 Å². The summed E-state index contributed by atoms with van der Waals surface area (Å²) >= 11 is 5.84. The summed E-state index contributed by atoms with van der Waals surface area (Å²) in [5.41, 5.74) is 0.995. The van der Waals surface area contributed by atoms with Gasteiger partial charge in [0, 0.05) is 5.02 Å². The van der Waals surface area contributed by atoms with Gasteiger partial charge in [-0.25, -0.2) is 14.6 Å². The molecule has 0 amide bonds. The van der Waals surface area contributed by atoms with Crippen LogP contribution in [-0.4, -0.2) is 23.5 Å². The zero-order valence-electron chi connectivity index (χ0n) is 17.6. The van der Waals surface area contributed by atoms with Crippen LogP contribution in [-0.2, 0) is 16.1 Å². The lowest BCUT2D eigenvalue weighted by Gasteiger charge is -2.07. The summed E-state index contributed by atoms with van der Waals surface area (Å²) in [6.07, 6.45) is 9.41. The third kappa shape index (κ3) is 8.95. The molecule has 162 valence electrons. The predicted octanol–water partition coefficient (Wildman–Crippen LogP) is 6.39. The van der Waals surface area contributed by atoms with Gasteiger partial charge in [0.25, 0.3) is 0 Å². The number of aromatic nitrogens is 1. The van der Waals surface area contributed by atoms with E-state index in [1.165, 1.54) is 44.2 Å². The minimum Gasteiger partial charge on any atom is -0.461 e. The molecule has 0 atom stereocenters. The molecule has 0 bridgehead atoms. The number of carbonyl (C=O) groups excluding carboxylic acids is 2. The van der Waals surface area contributed by atoms with E-state index in [0.717, 1.165) is 24.8 Å².